The van der Waals surface area contributed by atoms with Gasteiger partial charge in [-0.1, -0.05) is 6.92 Å². The van der Waals surface area contributed by atoms with Gasteiger partial charge in [0, 0.05) is 13.7 Å². The van der Waals surface area contributed by atoms with Crippen LogP contribution in [0.1, 0.15) is 29.7 Å². The number of nitrogens with one attached hydrogen (secondary N) is 1. The number of nitrogens with two attached hydrogens (primary N) is 1. The Morgan fingerprint density at radius 2 is 2.42 bits per heavy atom. The Kier molecular flexibility index (Phi) is 4.57. The first-order valence-corrected chi connectivity index (χ1v) is 6.49. The van der Waals surface area contributed by atoms with Gasteiger partial charge in [0.15, 0.2) is 5.76 Å². The smallest absolute Gasteiger partial charge is 0.300 e. The number of nitrogen functional groups attached to an aromatic ring is 1. The van der Waals surface area contributed by atoms with Gasteiger partial charge < -0.3 is 9.15 Å². The van der Waals surface area contributed by atoms with Crippen molar-refractivity contribution in [3.05, 3.63) is 23.7 Å². The van der Waals surface area contributed by atoms with Crippen molar-refractivity contribution in [1.82, 2.24) is 10.3 Å². The molecule has 3 N–H and O–H groups in total. The normalized spacial score (nSPS) is 24.4. The third-order valence-corrected chi connectivity index (χ3v) is 3.67. The molecule has 2 unspecified atom stereocenters. The summed E-state index contributed by atoms with van der Waals surface area (Å²) in [5.41, 5.74) is 2.05. The van der Waals surface area contributed by atoms with E-state index in [9.17, 15) is 4.79 Å². The molecule has 19 heavy (non-hydrogen) atoms. The van der Waals surface area contributed by atoms with Gasteiger partial charge in [-0.15, -0.1) is 0 Å². The number of amides is 1. The maximum Gasteiger partial charge on any atom is 0.300 e. The molecule has 2 rings (SSSR count). The second-order valence-electron chi connectivity index (χ2n) is 5.01. The summed E-state index contributed by atoms with van der Waals surface area (Å²) in [5, 5.41) is 0. The predicted octanol–water partition coefficient (Wildman–Crippen LogP) is 0.740. The van der Waals surface area contributed by atoms with Crippen LogP contribution in [-0.2, 0) is 11.3 Å². The van der Waals surface area contributed by atoms with Gasteiger partial charge >= 0.3 is 5.91 Å². The maximum absolute atomic E-state index is 11.3. The fraction of sp³-hybridized carbons (Fsp3) is 0.615. The van der Waals surface area contributed by atoms with E-state index in [1.807, 2.05) is 6.07 Å². The van der Waals surface area contributed by atoms with Crippen LogP contribution >= 0.6 is 0 Å². The zero-order chi connectivity index (χ0) is 13.8. The molecule has 1 aromatic rings. The maximum atomic E-state index is 11.3. The minimum Gasteiger partial charge on any atom is -0.455 e. The van der Waals surface area contributed by atoms with Crippen LogP contribution in [0, 0.1) is 5.92 Å². The summed E-state index contributed by atoms with van der Waals surface area (Å²) < 4.78 is 10.9. The fourth-order valence-electron chi connectivity index (χ4n) is 2.42. The number of hydrogen-bond acceptors (Lipinski definition) is 5. The summed E-state index contributed by atoms with van der Waals surface area (Å²) in [6, 6.07) is 3.45. The van der Waals surface area contributed by atoms with E-state index in [4.69, 9.17) is 15.0 Å². The molecule has 106 valence electrons. The number of likely N-dealkylation sites (tertiary alicyclic amines) is 1. The van der Waals surface area contributed by atoms with Crippen LogP contribution in [-0.4, -0.2) is 37.1 Å². The number of hydrogen-bond donors (Lipinski definition) is 2. The van der Waals surface area contributed by atoms with Crippen molar-refractivity contribution in [2.24, 2.45) is 11.8 Å². The van der Waals surface area contributed by atoms with E-state index < -0.39 is 5.91 Å². The van der Waals surface area contributed by atoms with Crippen molar-refractivity contribution in [2.45, 2.75) is 26.0 Å². The lowest BCUT2D eigenvalue weighted by Gasteiger charge is -2.35. The summed E-state index contributed by atoms with van der Waals surface area (Å²) in [4.78, 5) is 13.6. The molecule has 0 radical (unpaired) electrons. The predicted molar refractivity (Wildman–Crippen MR) is 70.2 cm³/mol. The number of carbonyl (C=O) groups is 1. The number of hydrazine groups is 1. The van der Waals surface area contributed by atoms with E-state index in [0.717, 1.165) is 25.3 Å². The lowest BCUT2D eigenvalue weighted by molar-refractivity contribution is -0.00923. The Bertz CT molecular complexity index is 433. The van der Waals surface area contributed by atoms with Crippen LogP contribution in [0.5, 0.6) is 0 Å². The standard InChI is InChI=1S/C13H21N3O3/c1-9-5-6-16(8-12(9)18-2)7-10-3-4-11(19-10)13(17)15-14/h3-4,9,12H,5-8,14H2,1-2H3,(H,15,17). The quantitative estimate of drug-likeness (QED) is 0.478. The fourth-order valence-corrected chi connectivity index (χ4v) is 2.42. The van der Waals surface area contributed by atoms with E-state index in [2.05, 4.69) is 17.2 Å². The van der Waals surface area contributed by atoms with Crippen LogP contribution in [0.2, 0.25) is 0 Å². The second kappa shape index (κ2) is 6.18. The summed E-state index contributed by atoms with van der Waals surface area (Å²) >= 11 is 0. The van der Waals surface area contributed by atoms with E-state index >= 15 is 0 Å². The topological polar surface area (TPSA) is 80.7 Å². The van der Waals surface area contributed by atoms with Crippen LogP contribution in [0.25, 0.3) is 0 Å². The molecule has 1 aromatic heterocycles. The van der Waals surface area contributed by atoms with Crippen LogP contribution < -0.4 is 11.3 Å². The van der Waals surface area contributed by atoms with Gasteiger partial charge in [-0.05, 0) is 31.0 Å². The molecule has 0 bridgehead atoms. The Morgan fingerprint density at radius 1 is 1.63 bits per heavy atom. The average molecular weight is 267 g/mol. The van der Waals surface area contributed by atoms with E-state index in [0.29, 0.717) is 12.5 Å². The van der Waals surface area contributed by atoms with Crippen LogP contribution in [0.15, 0.2) is 16.5 Å². The first-order chi connectivity index (χ1) is 9.13. The third-order valence-electron chi connectivity index (χ3n) is 3.67. The molecule has 1 fully saturated rings. The van der Waals surface area contributed by atoms with Gasteiger partial charge in [0.05, 0.1) is 12.6 Å². The molecule has 0 spiro atoms. The highest BCUT2D eigenvalue weighted by atomic mass is 16.5. The first kappa shape index (κ1) is 14.0. The van der Waals surface area contributed by atoms with Gasteiger partial charge in [0.2, 0.25) is 0 Å². The molecule has 6 heteroatoms. The van der Waals surface area contributed by atoms with E-state index in [1.54, 1.807) is 13.2 Å². The molecule has 0 saturated carbocycles. The largest absolute Gasteiger partial charge is 0.455 e. The highest BCUT2D eigenvalue weighted by molar-refractivity contribution is 5.90. The van der Waals surface area contributed by atoms with Crippen molar-refractivity contribution in [2.75, 3.05) is 20.2 Å². The monoisotopic (exact) mass is 267 g/mol. The van der Waals surface area contributed by atoms with Gasteiger partial charge in [0.25, 0.3) is 0 Å². The number of carbonyl (C=O) groups excluding carboxylic acids is 1. The van der Waals surface area contributed by atoms with Crippen molar-refractivity contribution < 1.29 is 13.9 Å². The minimum absolute atomic E-state index is 0.242. The van der Waals surface area contributed by atoms with Crippen LogP contribution in [0.3, 0.4) is 0 Å². The Morgan fingerprint density at radius 3 is 3.11 bits per heavy atom. The van der Waals surface area contributed by atoms with E-state index in [1.165, 1.54) is 0 Å². The summed E-state index contributed by atoms with van der Waals surface area (Å²) in [7, 11) is 1.75. The molecule has 2 atom stereocenters. The molecule has 1 amide bonds. The van der Waals surface area contributed by atoms with Gasteiger partial charge in [-0.25, -0.2) is 5.84 Å². The summed E-state index contributed by atoms with van der Waals surface area (Å²) in [5.74, 6) is 6.24. The van der Waals surface area contributed by atoms with Crippen molar-refractivity contribution >= 4 is 5.91 Å². The molecule has 2 heterocycles. The highest BCUT2D eigenvalue weighted by Crippen LogP contribution is 2.21. The zero-order valence-corrected chi connectivity index (χ0v) is 11.4. The molecular formula is C13H21N3O3. The molecule has 0 aromatic carbocycles. The van der Waals surface area contributed by atoms with Crippen molar-refractivity contribution in [1.29, 1.82) is 0 Å². The second-order valence-corrected chi connectivity index (χ2v) is 5.01. The lowest BCUT2D eigenvalue weighted by Crippen LogP contribution is -2.43. The minimum atomic E-state index is -0.409. The van der Waals surface area contributed by atoms with Crippen molar-refractivity contribution in [3.8, 4) is 0 Å². The number of ether oxygens (including phenoxy) is 1. The van der Waals surface area contributed by atoms with Crippen LogP contribution in [0.4, 0.5) is 0 Å². The van der Waals surface area contributed by atoms with Crippen molar-refractivity contribution in [3.63, 3.8) is 0 Å². The number of nitrogens with zero attached hydrogens (tertiary/aromatic N) is 1. The van der Waals surface area contributed by atoms with E-state index in [-0.39, 0.29) is 11.9 Å². The number of furan rings is 1. The number of piperidine rings is 1. The number of rotatable bonds is 4. The average Bonchev–Trinajstić information content (AvgIpc) is 2.88. The molecule has 1 saturated heterocycles. The molecule has 6 nitrogen and oxygen atoms in total. The van der Waals surface area contributed by atoms with Gasteiger partial charge in [0.1, 0.15) is 5.76 Å². The molecular weight excluding hydrogens is 246 g/mol. The Labute approximate surface area is 112 Å². The highest BCUT2D eigenvalue weighted by Gasteiger charge is 2.26. The Hall–Kier alpha value is -1.37. The summed E-state index contributed by atoms with van der Waals surface area (Å²) in [6.45, 7) is 4.80. The lowest BCUT2D eigenvalue weighted by atomic mass is 9.96. The van der Waals surface area contributed by atoms with Gasteiger partial charge in [-0.2, -0.15) is 0 Å². The Balaban J connectivity index is 1.94. The van der Waals surface area contributed by atoms with Gasteiger partial charge in [-0.3, -0.25) is 15.1 Å². The summed E-state index contributed by atoms with van der Waals surface area (Å²) in [6.07, 6.45) is 1.37. The molecule has 1 aliphatic heterocycles. The molecule has 1 aliphatic rings. The third kappa shape index (κ3) is 3.34. The number of methoxy groups -OCH3 is 1. The first-order valence-electron chi connectivity index (χ1n) is 6.49. The zero-order valence-electron chi connectivity index (χ0n) is 11.4. The molecule has 0 aliphatic carbocycles. The SMILES string of the molecule is COC1CN(Cc2ccc(C(=O)NN)o2)CCC1C.